The van der Waals surface area contributed by atoms with Crippen molar-refractivity contribution in [2.75, 3.05) is 18.4 Å². The zero-order chi connectivity index (χ0) is 15.4. The summed E-state index contributed by atoms with van der Waals surface area (Å²) in [6.07, 6.45) is 2.28. The summed E-state index contributed by atoms with van der Waals surface area (Å²) in [4.78, 5) is 9.47. The number of benzene rings is 1. The van der Waals surface area contributed by atoms with Crippen LogP contribution in [0.5, 0.6) is 0 Å². The van der Waals surface area contributed by atoms with E-state index in [-0.39, 0.29) is 0 Å². The average molecular weight is 296 g/mol. The van der Waals surface area contributed by atoms with Crippen LogP contribution in [0.2, 0.25) is 0 Å². The summed E-state index contributed by atoms with van der Waals surface area (Å²) in [7, 11) is 0. The van der Waals surface area contributed by atoms with Crippen LogP contribution in [-0.2, 0) is 0 Å². The van der Waals surface area contributed by atoms with Crippen LogP contribution in [0.4, 0.5) is 5.82 Å². The summed E-state index contributed by atoms with van der Waals surface area (Å²) in [5.41, 5.74) is 2.16. The van der Waals surface area contributed by atoms with Gasteiger partial charge in [0, 0.05) is 23.4 Å². The molecule has 0 atom stereocenters. The molecule has 3 rings (SSSR count). The molecule has 1 saturated heterocycles. The minimum Gasteiger partial charge on any atom is -0.367 e. The van der Waals surface area contributed by atoms with Crippen LogP contribution in [0.15, 0.2) is 36.4 Å². The van der Waals surface area contributed by atoms with Crippen molar-refractivity contribution in [2.45, 2.75) is 38.6 Å². The highest BCUT2D eigenvalue weighted by molar-refractivity contribution is 5.57. The molecule has 0 bridgehead atoms. The molecule has 1 aromatic heterocycles. The Morgan fingerprint density at radius 2 is 1.82 bits per heavy atom. The first kappa shape index (κ1) is 15.0. The second-order valence-corrected chi connectivity index (χ2v) is 6.19. The number of nitrogens with one attached hydrogen (secondary N) is 2. The minimum absolute atomic E-state index is 0.388. The minimum atomic E-state index is 0.388. The number of nitrogens with zero attached hydrogens (tertiary/aromatic N) is 2. The van der Waals surface area contributed by atoms with Crippen molar-refractivity contribution < 1.29 is 0 Å². The lowest BCUT2D eigenvalue weighted by atomic mass is 10.1. The molecular formula is C18H24N4. The van der Waals surface area contributed by atoms with E-state index in [0.717, 1.165) is 48.8 Å². The van der Waals surface area contributed by atoms with Gasteiger partial charge < -0.3 is 10.6 Å². The number of hydrogen-bond donors (Lipinski definition) is 2. The fraction of sp³-hybridized carbons (Fsp3) is 0.444. The number of piperidine rings is 1. The van der Waals surface area contributed by atoms with Gasteiger partial charge in [-0.3, -0.25) is 0 Å². The summed E-state index contributed by atoms with van der Waals surface area (Å²) < 4.78 is 0. The monoisotopic (exact) mass is 296 g/mol. The SMILES string of the molecule is CC(C)c1cc(NC2CCNCC2)nc(-c2ccccc2)n1. The molecule has 2 N–H and O–H groups in total. The van der Waals surface area contributed by atoms with Crippen LogP contribution in [0.1, 0.15) is 38.3 Å². The quantitative estimate of drug-likeness (QED) is 0.907. The molecule has 0 spiro atoms. The van der Waals surface area contributed by atoms with E-state index < -0.39 is 0 Å². The van der Waals surface area contributed by atoms with Crippen LogP contribution < -0.4 is 10.6 Å². The normalized spacial score (nSPS) is 16.0. The predicted octanol–water partition coefficient (Wildman–Crippen LogP) is 3.43. The van der Waals surface area contributed by atoms with E-state index in [1.807, 2.05) is 18.2 Å². The summed E-state index contributed by atoms with van der Waals surface area (Å²) in [5, 5.41) is 6.99. The lowest BCUT2D eigenvalue weighted by Gasteiger charge is -2.24. The highest BCUT2D eigenvalue weighted by Crippen LogP contribution is 2.23. The molecule has 0 unspecified atom stereocenters. The van der Waals surface area contributed by atoms with Crippen LogP contribution >= 0.6 is 0 Å². The zero-order valence-corrected chi connectivity index (χ0v) is 13.3. The molecule has 2 heterocycles. The maximum atomic E-state index is 4.74. The van der Waals surface area contributed by atoms with Crippen molar-refractivity contribution in [2.24, 2.45) is 0 Å². The van der Waals surface area contributed by atoms with E-state index in [2.05, 4.69) is 42.7 Å². The van der Waals surface area contributed by atoms with E-state index in [4.69, 9.17) is 9.97 Å². The van der Waals surface area contributed by atoms with Crippen molar-refractivity contribution in [1.82, 2.24) is 15.3 Å². The van der Waals surface area contributed by atoms with E-state index in [1.54, 1.807) is 0 Å². The molecular weight excluding hydrogens is 272 g/mol. The Labute approximate surface area is 132 Å². The largest absolute Gasteiger partial charge is 0.367 e. The third-order valence-electron chi connectivity index (χ3n) is 4.06. The molecule has 1 aliphatic heterocycles. The summed E-state index contributed by atoms with van der Waals surface area (Å²) in [6, 6.07) is 12.8. The number of rotatable bonds is 4. The molecule has 0 aliphatic carbocycles. The molecule has 1 fully saturated rings. The van der Waals surface area contributed by atoms with Crippen LogP contribution in [0.3, 0.4) is 0 Å². The average Bonchev–Trinajstić information content (AvgIpc) is 2.56. The Bertz CT molecular complexity index is 604. The van der Waals surface area contributed by atoms with Gasteiger partial charge in [-0.25, -0.2) is 9.97 Å². The zero-order valence-electron chi connectivity index (χ0n) is 13.3. The van der Waals surface area contributed by atoms with E-state index >= 15 is 0 Å². The maximum absolute atomic E-state index is 4.74. The van der Waals surface area contributed by atoms with Crippen LogP contribution in [-0.4, -0.2) is 29.1 Å². The number of anilines is 1. The fourth-order valence-electron chi connectivity index (χ4n) is 2.73. The highest BCUT2D eigenvalue weighted by Gasteiger charge is 2.15. The van der Waals surface area contributed by atoms with Crippen molar-refractivity contribution >= 4 is 5.82 Å². The lowest BCUT2D eigenvalue weighted by molar-refractivity contribution is 0.478. The van der Waals surface area contributed by atoms with Crippen molar-refractivity contribution in [1.29, 1.82) is 0 Å². The topological polar surface area (TPSA) is 49.8 Å². The second-order valence-electron chi connectivity index (χ2n) is 6.19. The maximum Gasteiger partial charge on any atom is 0.161 e. The van der Waals surface area contributed by atoms with Gasteiger partial charge in [0.1, 0.15) is 5.82 Å². The fourth-order valence-corrected chi connectivity index (χ4v) is 2.73. The van der Waals surface area contributed by atoms with Crippen LogP contribution in [0.25, 0.3) is 11.4 Å². The molecule has 1 aliphatic rings. The van der Waals surface area contributed by atoms with E-state index in [1.165, 1.54) is 0 Å². The molecule has 4 nitrogen and oxygen atoms in total. The van der Waals surface area contributed by atoms with Crippen molar-refractivity contribution in [3.63, 3.8) is 0 Å². The molecule has 0 amide bonds. The van der Waals surface area contributed by atoms with Gasteiger partial charge in [0.25, 0.3) is 0 Å². The first-order valence-corrected chi connectivity index (χ1v) is 8.14. The highest BCUT2D eigenvalue weighted by atomic mass is 15.1. The Kier molecular flexibility index (Phi) is 4.68. The predicted molar refractivity (Wildman–Crippen MR) is 91.1 cm³/mol. The Morgan fingerprint density at radius 3 is 2.50 bits per heavy atom. The third kappa shape index (κ3) is 3.63. The van der Waals surface area contributed by atoms with E-state index in [0.29, 0.717) is 12.0 Å². The molecule has 4 heteroatoms. The molecule has 116 valence electrons. The van der Waals surface area contributed by atoms with Crippen molar-refractivity contribution in [3.05, 3.63) is 42.1 Å². The molecule has 0 saturated carbocycles. The third-order valence-corrected chi connectivity index (χ3v) is 4.06. The standard InChI is InChI=1S/C18H24N4/c1-13(2)16-12-17(20-15-8-10-19-11-9-15)22-18(21-16)14-6-4-3-5-7-14/h3-7,12-13,15,19H,8-11H2,1-2H3,(H,20,21,22). The Hall–Kier alpha value is -1.94. The summed E-state index contributed by atoms with van der Waals surface area (Å²) >= 11 is 0. The van der Waals surface area contributed by atoms with Gasteiger partial charge in [-0.1, -0.05) is 44.2 Å². The van der Waals surface area contributed by atoms with Crippen molar-refractivity contribution in [3.8, 4) is 11.4 Å². The van der Waals surface area contributed by atoms with E-state index in [9.17, 15) is 0 Å². The van der Waals surface area contributed by atoms with Gasteiger partial charge in [-0.15, -0.1) is 0 Å². The molecule has 2 aromatic rings. The Balaban J connectivity index is 1.90. The van der Waals surface area contributed by atoms with Gasteiger partial charge in [0.15, 0.2) is 5.82 Å². The van der Waals surface area contributed by atoms with Gasteiger partial charge in [0.05, 0.1) is 0 Å². The van der Waals surface area contributed by atoms with Gasteiger partial charge in [-0.05, 0) is 31.8 Å². The number of aromatic nitrogens is 2. The number of hydrogen-bond acceptors (Lipinski definition) is 4. The van der Waals surface area contributed by atoms with Gasteiger partial charge in [-0.2, -0.15) is 0 Å². The lowest BCUT2D eigenvalue weighted by Crippen LogP contribution is -2.35. The summed E-state index contributed by atoms with van der Waals surface area (Å²) in [5.74, 6) is 2.15. The first-order valence-electron chi connectivity index (χ1n) is 8.14. The van der Waals surface area contributed by atoms with Gasteiger partial charge in [0.2, 0.25) is 0 Å². The van der Waals surface area contributed by atoms with Gasteiger partial charge >= 0.3 is 0 Å². The smallest absolute Gasteiger partial charge is 0.161 e. The first-order chi connectivity index (χ1) is 10.7. The summed E-state index contributed by atoms with van der Waals surface area (Å²) in [6.45, 7) is 6.49. The molecule has 0 radical (unpaired) electrons. The Morgan fingerprint density at radius 1 is 1.09 bits per heavy atom. The second kappa shape index (κ2) is 6.88. The molecule has 22 heavy (non-hydrogen) atoms. The molecule has 1 aromatic carbocycles. The van der Waals surface area contributed by atoms with Crippen LogP contribution in [0, 0.1) is 0 Å².